The Morgan fingerprint density at radius 1 is 0.365 bits per heavy atom. The first-order chi connectivity index (χ1) is 22.5. The van der Waals surface area contributed by atoms with E-state index in [2.05, 4.69) is 44.2 Å². The number of ether oxygens (including phenoxy) is 1. The Labute approximate surface area is 283 Å². The average Bonchev–Trinajstić information content (AvgIpc) is 2.73. The Morgan fingerprint density at radius 2 is 0.635 bits per heavy atom. The largest absolute Gasteiger partial charge is 0.483 e. The fourth-order valence-electron chi connectivity index (χ4n) is 2.99. The number of rotatable bonds is 21. The zero-order chi connectivity index (χ0) is 41.4. The van der Waals surface area contributed by atoms with E-state index in [0.717, 1.165) is 0 Å². The van der Waals surface area contributed by atoms with Gasteiger partial charge in [0.15, 0.2) is 12.4 Å². The first-order valence-corrected chi connectivity index (χ1v) is 26.1. The zero-order valence-electron chi connectivity index (χ0n) is 23.3. The highest BCUT2D eigenvalue weighted by Gasteiger charge is 2.59. The predicted molar refractivity (Wildman–Crippen MR) is 145 cm³/mol. The van der Waals surface area contributed by atoms with Crippen LogP contribution in [0.1, 0.15) is 0 Å². The van der Waals surface area contributed by atoms with Gasteiger partial charge in [0.05, 0.1) is 6.61 Å². The van der Waals surface area contributed by atoms with E-state index in [-0.39, 0.29) is 0 Å². The SMILES string of the molecule is O=P(O)(O)OP(=O)(O)OC[C@H]1O[C@H](OP(=O)(O)OP(=O)(O)O)[C@H](OP(=O)(O)OP(=O)(O)O)[C@@H](OP(=O)(O)OP(=O)(O)O)[C@@H]1OP(=O)(O)OP(=O)(O)O. The fourth-order valence-corrected chi connectivity index (χ4v) is 11.6. The van der Waals surface area contributed by atoms with Crippen LogP contribution in [0, 0.1) is 0 Å². The Balaban J connectivity index is 4.17. The molecule has 1 heterocycles. The molecule has 52 heavy (non-hydrogen) atoms. The van der Waals surface area contributed by atoms with Crippen molar-refractivity contribution in [2.24, 2.45) is 0 Å². The summed E-state index contributed by atoms with van der Waals surface area (Å²) in [5.74, 6) is 0. The Kier molecular flexibility index (Phi) is 17.4. The van der Waals surface area contributed by atoms with Crippen LogP contribution in [0.3, 0.4) is 0 Å². The van der Waals surface area contributed by atoms with Crippen molar-refractivity contribution in [3.05, 3.63) is 0 Å². The highest BCUT2D eigenvalue weighted by molar-refractivity contribution is 7.62. The lowest BCUT2D eigenvalue weighted by atomic mass is 9.99. The second kappa shape index (κ2) is 17.6. The van der Waals surface area contributed by atoms with Crippen molar-refractivity contribution in [1.82, 2.24) is 0 Å². The standard InChI is InChI=1S/C6H22O36P10/c7-43(8,9)38-48(22,23)32-1-2-3(34-49(24,25)39-44(10,11)12)4(35-50(26,27)40-45(13,14)15)5(36-51(28,29)41-46(16,17)18)6(33-2)37-52(30,31)42-47(19,20)21/h2-6H,1H2,(H,22,23)(H,24,25)(H,26,27)(H,28,29)(H,30,31)(H2,7,8,9)(H2,10,11,12)(H2,13,14,15)(H2,16,17,18)(H2,19,20,21)/t2-,3-,4+,5-,6-/m1/s1. The van der Waals surface area contributed by atoms with Gasteiger partial charge in [-0.2, -0.15) is 21.6 Å². The maximum atomic E-state index is 12.5. The summed E-state index contributed by atoms with van der Waals surface area (Å²) in [6.45, 7) is -2.14. The van der Waals surface area contributed by atoms with Gasteiger partial charge in [-0.3, -0.25) is 22.6 Å². The number of hydrogen-bond donors (Lipinski definition) is 15. The molecule has 1 fully saturated rings. The van der Waals surface area contributed by atoms with Gasteiger partial charge in [-0.15, -0.1) is 0 Å². The van der Waals surface area contributed by atoms with E-state index in [1.807, 2.05) is 0 Å². The van der Waals surface area contributed by atoms with Crippen molar-refractivity contribution >= 4 is 78.2 Å². The van der Waals surface area contributed by atoms with Crippen LogP contribution < -0.4 is 0 Å². The van der Waals surface area contributed by atoms with Crippen molar-refractivity contribution in [2.45, 2.75) is 30.7 Å². The second-order valence-electron chi connectivity index (χ2n) is 8.36. The summed E-state index contributed by atoms with van der Waals surface area (Å²) in [6.07, 6.45) is -17.5. The number of phosphoric ester groups is 5. The van der Waals surface area contributed by atoms with Crippen LogP contribution in [0.5, 0.6) is 0 Å². The monoisotopic (exact) mass is 980 g/mol. The molecule has 5 unspecified atom stereocenters. The van der Waals surface area contributed by atoms with Crippen molar-refractivity contribution in [3.63, 3.8) is 0 Å². The minimum absolute atomic E-state index is 2.14. The summed E-state index contributed by atoms with van der Waals surface area (Å²) in [5.41, 5.74) is 0. The van der Waals surface area contributed by atoms with Crippen molar-refractivity contribution < 1.29 is 168 Å². The molecular formula is C6H22O36P10. The molecule has 0 bridgehead atoms. The Bertz CT molecular complexity index is 1750. The van der Waals surface area contributed by atoms with Gasteiger partial charge in [0.1, 0.15) is 18.3 Å². The molecular weight excluding hydrogens is 958 g/mol. The molecule has 0 spiro atoms. The summed E-state index contributed by atoms with van der Waals surface area (Å²) < 4.78 is 160. The molecule has 1 rings (SSSR count). The molecule has 46 heteroatoms. The van der Waals surface area contributed by atoms with E-state index in [1.54, 1.807) is 0 Å². The third kappa shape index (κ3) is 21.7. The Morgan fingerprint density at radius 3 is 0.962 bits per heavy atom. The number of hydrogen-bond acceptors (Lipinski definition) is 21. The van der Waals surface area contributed by atoms with Crippen LogP contribution in [0.15, 0.2) is 0 Å². The first-order valence-electron chi connectivity index (χ1n) is 11.0. The topological polar surface area (TPSA) is 576 Å². The molecule has 1 aliphatic heterocycles. The summed E-state index contributed by atoms with van der Waals surface area (Å²) in [4.78, 5) is 138. The van der Waals surface area contributed by atoms with Gasteiger partial charge in [0.25, 0.3) is 0 Å². The van der Waals surface area contributed by atoms with E-state index in [9.17, 15) is 70.1 Å². The molecule has 36 nitrogen and oxygen atoms in total. The van der Waals surface area contributed by atoms with Crippen molar-refractivity contribution in [1.29, 1.82) is 0 Å². The highest BCUT2D eigenvalue weighted by Crippen LogP contribution is 2.66. The van der Waals surface area contributed by atoms with Gasteiger partial charge >= 0.3 is 78.2 Å². The number of phosphoric acid groups is 10. The van der Waals surface area contributed by atoms with Crippen molar-refractivity contribution in [3.8, 4) is 0 Å². The molecule has 15 N–H and O–H groups in total. The molecule has 10 atom stereocenters. The fraction of sp³-hybridized carbons (Fsp3) is 1.00. The summed E-state index contributed by atoms with van der Waals surface area (Å²) >= 11 is 0. The minimum atomic E-state index is -6.71. The lowest BCUT2D eigenvalue weighted by Gasteiger charge is -2.45. The van der Waals surface area contributed by atoms with Gasteiger partial charge in [0.2, 0.25) is 0 Å². The van der Waals surface area contributed by atoms with Crippen molar-refractivity contribution in [2.75, 3.05) is 6.61 Å². The maximum Gasteiger partial charge on any atom is 0.483 e. The average molecular weight is 980 g/mol. The summed E-state index contributed by atoms with van der Waals surface area (Å²) in [7, 11) is -63.8. The molecule has 0 radical (unpaired) electrons. The molecule has 0 amide bonds. The summed E-state index contributed by atoms with van der Waals surface area (Å²) in [6, 6.07) is 0. The molecule has 0 saturated carbocycles. The van der Waals surface area contributed by atoms with Crippen LogP contribution in [-0.4, -0.2) is 111 Å². The highest BCUT2D eigenvalue weighted by atomic mass is 31.3. The first kappa shape index (κ1) is 51.3. The van der Waals surface area contributed by atoms with Crippen LogP contribution >= 0.6 is 78.2 Å². The molecule has 1 saturated heterocycles. The predicted octanol–water partition coefficient (Wildman–Crippen LogP) is -2.05. The van der Waals surface area contributed by atoms with Crippen LogP contribution in [0.4, 0.5) is 0 Å². The minimum Gasteiger partial charge on any atom is -0.341 e. The van der Waals surface area contributed by atoms with E-state index in [4.69, 9.17) is 53.7 Å². The normalized spacial score (nSPS) is 28.5. The lowest BCUT2D eigenvalue weighted by molar-refractivity contribution is -0.269. The molecule has 0 aromatic rings. The second-order valence-corrected chi connectivity index (χ2v) is 22.3. The van der Waals surface area contributed by atoms with Crippen LogP contribution in [0.2, 0.25) is 0 Å². The van der Waals surface area contributed by atoms with Gasteiger partial charge in [-0.05, 0) is 0 Å². The Hall–Kier alpha value is 1.26. The van der Waals surface area contributed by atoms with E-state index in [0.29, 0.717) is 0 Å². The molecule has 1 aliphatic rings. The van der Waals surface area contributed by atoms with Gasteiger partial charge < -0.3 is 78.1 Å². The third-order valence-electron chi connectivity index (χ3n) is 4.04. The maximum absolute atomic E-state index is 12.5. The smallest absolute Gasteiger partial charge is 0.341 e. The van der Waals surface area contributed by atoms with E-state index in [1.165, 1.54) is 0 Å². The van der Waals surface area contributed by atoms with E-state index < -0.39 is 116 Å². The molecule has 0 aromatic heterocycles. The molecule has 312 valence electrons. The van der Waals surface area contributed by atoms with Gasteiger partial charge in [-0.1, -0.05) is 0 Å². The third-order valence-corrected chi connectivity index (χ3v) is 14.9. The summed E-state index contributed by atoms with van der Waals surface area (Å²) in [5, 5.41) is 0. The molecule has 0 aromatic carbocycles. The van der Waals surface area contributed by atoms with Crippen LogP contribution in [-0.2, 0) is 94.6 Å². The quantitative estimate of drug-likeness (QED) is 0.0550. The van der Waals surface area contributed by atoms with Gasteiger partial charge in [-0.25, -0.2) is 45.7 Å². The zero-order valence-corrected chi connectivity index (χ0v) is 32.3. The van der Waals surface area contributed by atoms with Crippen LogP contribution in [0.25, 0.3) is 0 Å². The van der Waals surface area contributed by atoms with E-state index >= 15 is 0 Å². The van der Waals surface area contributed by atoms with Gasteiger partial charge in [0, 0.05) is 0 Å². The molecule has 0 aliphatic carbocycles. The lowest BCUT2D eigenvalue weighted by Crippen LogP contribution is -2.61.